The molecule has 5 N–H and O–H groups in total. The van der Waals surface area contributed by atoms with Crippen LogP contribution in [0.2, 0.25) is 0 Å². The van der Waals surface area contributed by atoms with Crippen molar-refractivity contribution in [2.45, 2.75) is 24.3 Å². The number of carbonyl (C=O) groups is 4. The van der Waals surface area contributed by atoms with Gasteiger partial charge in [-0.05, 0) is 12.5 Å². The molecule has 2 atom stereocenters. The third kappa shape index (κ3) is 3.87. The average molecular weight is 424 g/mol. The second kappa shape index (κ2) is 8.02. The number of nitrogens with two attached hydrogens (primary N) is 1. The lowest BCUT2D eigenvalue weighted by Gasteiger charge is -2.48. The Morgan fingerprint density at radius 2 is 2.14 bits per heavy atom. The molecule has 1 aromatic rings. The molecule has 2 amide bonds. The molecular formula is C16H16N4O6S2. The number of anilines is 1. The minimum atomic E-state index is -1.20. The Bertz CT molecular complexity index is 909. The molecule has 28 heavy (non-hydrogen) atoms. The minimum absolute atomic E-state index is 0.0938. The number of β-lactam (4-membered cyclic amide) rings is 1. The van der Waals surface area contributed by atoms with Crippen molar-refractivity contribution in [3.8, 4) is 0 Å². The number of nitrogen functional groups attached to an aromatic ring is 1. The second-order valence-corrected chi connectivity index (χ2v) is 7.94. The molecule has 0 saturated carbocycles. The molecule has 0 spiro atoms. The van der Waals surface area contributed by atoms with Crippen molar-refractivity contribution in [2.75, 3.05) is 11.5 Å². The summed E-state index contributed by atoms with van der Waals surface area (Å²) in [6.45, 7) is 0. The van der Waals surface area contributed by atoms with Crippen molar-refractivity contribution >= 4 is 57.6 Å². The van der Waals surface area contributed by atoms with Gasteiger partial charge in [0.05, 0.1) is 11.3 Å². The number of aliphatic carboxylic acids is 2. The van der Waals surface area contributed by atoms with E-state index in [9.17, 15) is 24.3 Å². The number of aromatic nitrogens is 1. The molecule has 148 valence electrons. The highest BCUT2D eigenvalue weighted by Crippen LogP contribution is 2.37. The van der Waals surface area contributed by atoms with E-state index in [1.165, 1.54) is 23.9 Å². The van der Waals surface area contributed by atoms with Crippen LogP contribution in [0.3, 0.4) is 0 Å². The summed E-state index contributed by atoms with van der Waals surface area (Å²) >= 11 is 2.47. The number of thioether (sulfide) groups is 1. The molecular weight excluding hydrogens is 408 g/mol. The highest BCUT2D eigenvalue weighted by atomic mass is 32.2. The van der Waals surface area contributed by atoms with Gasteiger partial charge in [0.2, 0.25) is 0 Å². The molecule has 1 aromatic heterocycles. The van der Waals surface area contributed by atoms with Gasteiger partial charge >= 0.3 is 11.9 Å². The molecule has 0 radical (unpaired) electrons. The Kier molecular flexibility index (Phi) is 5.70. The molecule has 3 heterocycles. The van der Waals surface area contributed by atoms with E-state index in [1.54, 1.807) is 5.38 Å². The summed E-state index contributed by atoms with van der Waals surface area (Å²) in [4.78, 5) is 52.3. The number of thiazole rings is 1. The van der Waals surface area contributed by atoms with Crippen molar-refractivity contribution in [3.05, 3.63) is 28.9 Å². The average Bonchev–Trinajstić information content (AvgIpc) is 3.07. The van der Waals surface area contributed by atoms with E-state index >= 15 is 0 Å². The number of carbonyl (C=O) groups excluding carboxylic acids is 2. The Morgan fingerprint density at radius 3 is 2.75 bits per heavy atom. The summed E-state index contributed by atoms with van der Waals surface area (Å²) in [5.41, 5.74) is 5.93. The molecule has 0 unspecified atom stereocenters. The number of carboxylic acid groups (broad SMARTS) is 2. The van der Waals surface area contributed by atoms with Gasteiger partial charge in [-0.2, -0.15) is 0 Å². The van der Waals surface area contributed by atoms with E-state index in [2.05, 4.69) is 10.3 Å². The molecule has 10 nitrogen and oxygen atoms in total. The quantitative estimate of drug-likeness (QED) is 0.357. The summed E-state index contributed by atoms with van der Waals surface area (Å²) in [6.07, 6.45) is 2.83. The first kappa shape index (κ1) is 19.9. The molecule has 2 aliphatic rings. The Morgan fingerprint density at radius 1 is 1.39 bits per heavy atom. The zero-order valence-corrected chi connectivity index (χ0v) is 16.0. The van der Waals surface area contributed by atoms with Gasteiger partial charge in [0.1, 0.15) is 17.1 Å². The Balaban J connectivity index is 1.76. The number of carboxylic acids is 2. The standard InChI is InChI=1S/C16H16N4O6S2/c17-16-18-8(6-28-16)7(2-1-3-10(21)22)12(23)19-11-13(24)20-9(15(25)26)4-5-27-14(11)20/h2,4,6,11,14H,1,3,5H2,(H2,17,18)(H,19,23)(H,21,22)(H,25,26)/t11-,14-/m1/s1. The Labute approximate surface area is 167 Å². The van der Waals surface area contributed by atoms with Crippen LogP contribution in [0.25, 0.3) is 5.57 Å². The number of hydrogen-bond donors (Lipinski definition) is 4. The largest absolute Gasteiger partial charge is 0.481 e. The van der Waals surface area contributed by atoms with E-state index in [0.717, 1.165) is 16.2 Å². The van der Waals surface area contributed by atoms with E-state index in [-0.39, 0.29) is 34.9 Å². The van der Waals surface area contributed by atoms with E-state index in [0.29, 0.717) is 5.75 Å². The van der Waals surface area contributed by atoms with Gasteiger partial charge in [-0.3, -0.25) is 19.3 Å². The van der Waals surface area contributed by atoms with Crippen LogP contribution in [0.15, 0.2) is 23.2 Å². The van der Waals surface area contributed by atoms with Gasteiger partial charge in [-0.15, -0.1) is 23.1 Å². The van der Waals surface area contributed by atoms with E-state index in [1.807, 2.05) is 0 Å². The van der Waals surface area contributed by atoms with Crippen LogP contribution in [0.5, 0.6) is 0 Å². The van der Waals surface area contributed by atoms with Crippen LogP contribution < -0.4 is 11.1 Å². The molecule has 3 rings (SSSR count). The number of hydrogen-bond acceptors (Lipinski definition) is 8. The van der Waals surface area contributed by atoms with Crippen molar-refractivity contribution < 1.29 is 29.4 Å². The van der Waals surface area contributed by atoms with Crippen LogP contribution in [0.4, 0.5) is 5.13 Å². The highest BCUT2D eigenvalue weighted by molar-refractivity contribution is 8.00. The molecule has 0 bridgehead atoms. The first-order chi connectivity index (χ1) is 13.3. The maximum Gasteiger partial charge on any atom is 0.352 e. The molecule has 12 heteroatoms. The lowest BCUT2D eigenvalue weighted by molar-refractivity contribution is -0.150. The topological polar surface area (TPSA) is 163 Å². The highest BCUT2D eigenvalue weighted by Gasteiger charge is 2.52. The van der Waals surface area contributed by atoms with Crippen molar-refractivity contribution in [1.29, 1.82) is 0 Å². The predicted octanol–water partition coefficient (Wildman–Crippen LogP) is 0.342. The van der Waals surface area contributed by atoms with Gasteiger partial charge < -0.3 is 21.3 Å². The number of nitrogens with one attached hydrogen (secondary N) is 1. The first-order valence-electron chi connectivity index (χ1n) is 8.12. The van der Waals surface area contributed by atoms with Crippen molar-refractivity contribution in [3.63, 3.8) is 0 Å². The number of amides is 2. The number of nitrogens with zero attached hydrogens (tertiary/aromatic N) is 2. The van der Waals surface area contributed by atoms with Crippen LogP contribution in [-0.2, 0) is 19.2 Å². The minimum Gasteiger partial charge on any atom is -0.481 e. The fourth-order valence-electron chi connectivity index (χ4n) is 2.82. The predicted molar refractivity (Wildman–Crippen MR) is 102 cm³/mol. The monoisotopic (exact) mass is 424 g/mol. The first-order valence-corrected chi connectivity index (χ1v) is 10.0. The normalized spacial score (nSPS) is 21.4. The number of rotatable bonds is 7. The molecule has 0 aliphatic carbocycles. The molecule has 0 aromatic carbocycles. The third-order valence-corrected chi connectivity index (χ3v) is 5.96. The van der Waals surface area contributed by atoms with Crippen molar-refractivity contribution in [1.82, 2.24) is 15.2 Å². The summed E-state index contributed by atoms with van der Waals surface area (Å²) in [7, 11) is 0. The van der Waals surface area contributed by atoms with Crippen LogP contribution in [-0.4, -0.2) is 61.0 Å². The van der Waals surface area contributed by atoms with Crippen LogP contribution >= 0.6 is 23.1 Å². The maximum atomic E-state index is 12.8. The number of fused-ring (bicyclic) bond motifs is 1. The lowest BCUT2D eigenvalue weighted by Crippen LogP contribution is -2.70. The smallest absolute Gasteiger partial charge is 0.352 e. The SMILES string of the molecule is Nc1nc(C(=CCCC(=O)O)C(=O)N[C@@H]2C(=O)N3C(C(=O)O)=CCS[C@H]23)cs1. The summed E-state index contributed by atoms with van der Waals surface area (Å²) in [5.74, 6) is -2.91. The Hall–Kier alpha value is -2.86. The fourth-order valence-corrected chi connectivity index (χ4v) is 4.58. The van der Waals surface area contributed by atoms with Gasteiger partial charge in [-0.1, -0.05) is 6.08 Å². The van der Waals surface area contributed by atoms with E-state index in [4.69, 9.17) is 10.8 Å². The summed E-state index contributed by atoms with van der Waals surface area (Å²) < 4.78 is 0. The van der Waals surface area contributed by atoms with Crippen molar-refractivity contribution in [2.24, 2.45) is 0 Å². The number of allylic oxidation sites excluding steroid dienone is 1. The zero-order chi connectivity index (χ0) is 20.4. The molecule has 1 fully saturated rings. The van der Waals surface area contributed by atoms with Gasteiger partial charge in [-0.25, -0.2) is 9.78 Å². The maximum absolute atomic E-state index is 12.8. The fraction of sp³-hybridized carbons (Fsp3) is 0.312. The summed E-state index contributed by atoms with van der Waals surface area (Å²) in [6, 6.07) is -0.876. The molecule has 1 saturated heterocycles. The third-order valence-electron chi connectivity index (χ3n) is 4.10. The second-order valence-electron chi connectivity index (χ2n) is 5.90. The van der Waals surface area contributed by atoms with Crippen LogP contribution in [0, 0.1) is 0 Å². The van der Waals surface area contributed by atoms with Gasteiger partial charge in [0.25, 0.3) is 11.8 Å². The van der Waals surface area contributed by atoms with Crippen LogP contribution in [0.1, 0.15) is 18.5 Å². The zero-order valence-electron chi connectivity index (χ0n) is 14.3. The van der Waals surface area contributed by atoms with Gasteiger partial charge in [0, 0.05) is 17.6 Å². The van der Waals surface area contributed by atoms with E-state index < -0.39 is 35.2 Å². The lowest BCUT2D eigenvalue weighted by atomic mass is 10.0. The molecule has 2 aliphatic heterocycles. The summed E-state index contributed by atoms with van der Waals surface area (Å²) in [5, 5.41) is 21.9. The van der Waals surface area contributed by atoms with Gasteiger partial charge in [0.15, 0.2) is 5.13 Å².